The molecule has 0 unspecified atom stereocenters. The van der Waals surface area contributed by atoms with Crippen molar-refractivity contribution in [2.45, 2.75) is 31.8 Å². The zero-order chi connectivity index (χ0) is 16.7. The first-order valence-electron chi connectivity index (χ1n) is 8.25. The molecule has 3 amide bonds. The molecule has 2 aromatic rings. The van der Waals surface area contributed by atoms with E-state index in [4.69, 9.17) is 4.42 Å². The highest BCUT2D eigenvalue weighted by atomic mass is 16.3. The van der Waals surface area contributed by atoms with Crippen molar-refractivity contribution < 1.29 is 14.0 Å². The van der Waals surface area contributed by atoms with E-state index in [1.165, 1.54) is 0 Å². The molecule has 0 radical (unpaired) electrons. The van der Waals surface area contributed by atoms with Crippen LogP contribution in [0.5, 0.6) is 0 Å². The number of hydrogen-bond donors (Lipinski definition) is 2. The van der Waals surface area contributed by atoms with E-state index >= 15 is 0 Å². The topological polar surface area (TPSA) is 87.5 Å². The van der Waals surface area contributed by atoms with Gasteiger partial charge in [0.1, 0.15) is 11.1 Å². The normalized spacial score (nSPS) is 28.1. The molecule has 2 aliphatic heterocycles. The number of benzene rings is 1. The summed E-state index contributed by atoms with van der Waals surface area (Å²) in [6, 6.07) is 7.30. The number of imide groups is 1. The van der Waals surface area contributed by atoms with Gasteiger partial charge in [0.15, 0.2) is 5.58 Å². The van der Waals surface area contributed by atoms with Crippen LogP contribution in [0.3, 0.4) is 0 Å². The number of nitrogens with zero attached hydrogens (tertiary/aromatic N) is 2. The van der Waals surface area contributed by atoms with Crippen molar-refractivity contribution in [3.05, 3.63) is 30.2 Å². The number of likely N-dealkylation sites (tertiary alicyclic amines) is 1. The molecule has 1 aromatic carbocycles. The Hall–Kier alpha value is -2.41. The summed E-state index contributed by atoms with van der Waals surface area (Å²) in [6.07, 6.45) is 1.89. The Kier molecular flexibility index (Phi) is 3.53. The highest BCUT2D eigenvalue weighted by Crippen LogP contribution is 2.30. The number of hydrogen-bond acceptors (Lipinski definition) is 5. The van der Waals surface area contributed by atoms with Gasteiger partial charge < -0.3 is 9.73 Å². The minimum atomic E-state index is -0.836. The number of aromatic nitrogens is 1. The van der Waals surface area contributed by atoms with Crippen LogP contribution in [0.25, 0.3) is 11.1 Å². The number of piperidine rings is 1. The number of urea groups is 1. The van der Waals surface area contributed by atoms with E-state index in [0.717, 1.165) is 37.0 Å². The van der Waals surface area contributed by atoms with Gasteiger partial charge in [0.2, 0.25) is 5.89 Å². The molecule has 2 N–H and O–H groups in total. The SMILES string of the molecule is C[C@]1([C@@H]2CCCN(Cc3nc4ccccc4o3)C2)NC(=O)NC1=O. The summed E-state index contributed by atoms with van der Waals surface area (Å²) >= 11 is 0. The molecule has 2 saturated heterocycles. The van der Waals surface area contributed by atoms with Crippen molar-refractivity contribution in [3.63, 3.8) is 0 Å². The molecule has 0 aliphatic carbocycles. The maximum atomic E-state index is 12.1. The van der Waals surface area contributed by atoms with E-state index in [0.29, 0.717) is 12.4 Å². The summed E-state index contributed by atoms with van der Waals surface area (Å²) in [5.41, 5.74) is 0.808. The Bertz CT molecular complexity index is 769. The molecular weight excluding hydrogens is 308 g/mol. The highest BCUT2D eigenvalue weighted by Gasteiger charge is 2.48. The van der Waals surface area contributed by atoms with Crippen LogP contribution < -0.4 is 10.6 Å². The maximum absolute atomic E-state index is 12.1. The quantitative estimate of drug-likeness (QED) is 0.836. The van der Waals surface area contributed by atoms with Gasteiger partial charge in [-0.1, -0.05) is 12.1 Å². The van der Waals surface area contributed by atoms with Crippen LogP contribution in [0.1, 0.15) is 25.7 Å². The van der Waals surface area contributed by atoms with Gasteiger partial charge in [-0.05, 0) is 38.4 Å². The van der Waals surface area contributed by atoms with E-state index in [1.807, 2.05) is 24.3 Å². The number of carbonyl (C=O) groups excluding carboxylic acids is 2. The van der Waals surface area contributed by atoms with Gasteiger partial charge in [-0.2, -0.15) is 0 Å². The van der Waals surface area contributed by atoms with Crippen molar-refractivity contribution in [1.82, 2.24) is 20.5 Å². The Morgan fingerprint density at radius 1 is 1.38 bits per heavy atom. The molecule has 24 heavy (non-hydrogen) atoms. The number of para-hydroxylation sites is 2. The molecule has 126 valence electrons. The number of nitrogens with one attached hydrogen (secondary N) is 2. The van der Waals surface area contributed by atoms with Crippen molar-refractivity contribution in [2.24, 2.45) is 5.92 Å². The highest BCUT2D eigenvalue weighted by molar-refractivity contribution is 6.07. The van der Waals surface area contributed by atoms with Gasteiger partial charge in [0.05, 0.1) is 6.54 Å². The second-order valence-electron chi connectivity index (χ2n) is 6.76. The van der Waals surface area contributed by atoms with Crippen molar-refractivity contribution >= 4 is 23.0 Å². The Labute approximate surface area is 139 Å². The third kappa shape index (κ3) is 2.54. The summed E-state index contributed by atoms with van der Waals surface area (Å²) in [7, 11) is 0. The fourth-order valence-electron chi connectivity index (χ4n) is 3.69. The van der Waals surface area contributed by atoms with Crippen LogP contribution in [-0.4, -0.2) is 40.5 Å². The van der Waals surface area contributed by atoms with Gasteiger partial charge in [-0.15, -0.1) is 0 Å². The van der Waals surface area contributed by atoms with Crippen LogP contribution in [-0.2, 0) is 11.3 Å². The standard InChI is InChI=1S/C17H20N4O3/c1-17(15(22)19-16(23)20-17)11-5-4-8-21(9-11)10-14-18-12-6-2-3-7-13(12)24-14/h2-3,6-7,11H,4-5,8-10H2,1H3,(H2,19,20,22,23)/t11-,17-/m1/s1. The van der Waals surface area contributed by atoms with E-state index < -0.39 is 11.6 Å². The second kappa shape index (κ2) is 5.59. The van der Waals surface area contributed by atoms with Crippen LogP contribution >= 0.6 is 0 Å². The second-order valence-corrected chi connectivity index (χ2v) is 6.76. The molecular formula is C17H20N4O3. The fourth-order valence-corrected chi connectivity index (χ4v) is 3.69. The average Bonchev–Trinajstić information content (AvgIpc) is 3.08. The number of carbonyl (C=O) groups is 2. The summed E-state index contributed by atoms with van der Waals surface area (Å²) in [5.74, 6) is 0.519. The maximum Gasteiger partial charge on any atom is 0.322 e. The summed E-state index contributed by atoms with van der Waals surface area (Å²) in [5, 5.41) is 5.14. The minimum Gasteiger partial charge on any atom is -0.439 e. The molecule has 7 heteroatoms. The fraction of sp³-hybridized carbons (Fsp3) is 0.471. The first-order chi connectivity index (χ1) is 11.5. The van der Waals surface area contributed by atoms with Crippen LogP contribution in [0.4, 0.5) is 4.79 Å². The number of fused-ring (bicyclic) bond motifs is 1. The van der Waals surface area contributed by atoms with E-state index in [1.54, 1.807) is 6.92 Å². The first kappa shape index (κ1) is 15.1. The Morgan fingerprint density at radius 3 is 2.96 bits per heavy atom. The van der Waals surface area contributed by atoms with Crippen molar-refractivity contribution in [2.75, 3.05) is 13.1 Å². The van der Waals surface area contributed by atoms with Crippen molar-refractivity contribution in [3.8, 4) is 0 Å². The van der Waals surface area contributed by atoms with Crippen molar-refractivity contribution in [1.29, 1.82) is 0 Å². The third-order valence-electron chi connectivity index (χ3n) is 5.09. The zero-order valence-corrected chi connectivity index (χ0v) is 13.5. The number of oxazole rings is 1. The van der Waals surface area contributed by atoms with E-state index in [9.17, 15) is 9.59 Å². The molecule has 0 saturated carbocycles. The molecule has 1 aromatic heterocycles. The summed E-state index contributed by atoms with van der Waals surface area (Å²) < 4.78 is 5.79. The lowest BCUT2D eigenvalue weighted by Crippen LogP contribution is -2.55. The molecule has 7 nitrogen and oxygen atoms in total. The Morgan fingerprint density at radius 2 is 2.21 bits per heavy atom. The van der Waals surface area contributed by atoms with Gasteiger partial charge in [0.25, 0.3) is 5.91 Å². The first-order valence-corrected chi connectivity index (χ1v) is 8.25. The molecule has 2 atom stereocenters. The minimum absolute atomic E-state index is 0.0714. The van der Waals surface area contributed by atoms with Crippen LogP contribution in [0.2, 0.25) is 0 Å². The van der Waals surface area contributed by atoms with Gasteiger partial charge in [0, 0.05) is 12.5 Å². The van der Waals surface area contributed by atoms with Gasteiger partial charge in [-0.3, -0.25) is 15.0 Å². The summed E-state index contributed by atoms with van der Waals surface area (Å²) in [6.45, 7) is 4.07. The smallest absolute Gasteiger partial charge is 0.322 e. The molecule has 2 fully saturated rings. The van der Waals surface area contributed by atoms with Gasteiger partial charge in [-0.25, -0.2) is 9.78 Å². The zero-order valence-electron chi connectivity index (χ0n) is 13.5. The predicted octanol–water partition coefficient (Wildman–Crippen LogP) is 1.64. The Balaban J connectivity index is 1.49. The lowest BCUT2D eigenvalue weighted by Gasteiger charge is -2.39. The van der Waals surface area contributed by atoms with Crippen LogP contribution in [0, 0.1) is 5.92 Å². The third-order valence-corrected chi connectivity index (χ3v) is 5.09. The molecule has 2 aliphatic rings. The molecule has 0 spiro atoms. The average molecular weight is 328 g/mol. The lowest BCUT2D eigenvalue weighted by atomic mass is 9.80. The molecule has 0 bridgehead atoms. The monoisotopic (exact) mass is 328 g/mol. The summed E-state index contributed by atoms with van der Waals surface area (Å²) in [4.78, 5) is 30.4. The predicted molar refractivity (Wildman–Crippen MR) is 87.1 cm³/mol. The number of amides is 3. The number of rotatable bonds is 3. The largest absolute Gasteiger partial charge is 0.439 e. The van der Waals surface area contributed by atoms with Crippen LogP contribution in [0.15, 0.2) is 28.7 Å². The molecule has 3 heterocycles. The lowest BCUT2D eigenvalue weighted by molar-refractivity contribution is -0.126. The molecule has 4 rings (SSSR count). The van der Waals surface area contributed by atoms with E-state index in [2.05, 4.69) is 20.5 Å². The van der Waals surface area contributed by atoms with E-state index in [-0.39, 0.29) is 11.8 Å². The van der Waals surface area contributed by atoms with Gasteiger partial charge >= 0.3 is 6.03 Å².